The molecule has 0 bridgehead atoms. The van der Waals surface area contributed by atoms with E-state index in [0.29, 0.717) is 23.7 Å². The first-order chi connectivity index (χ1) is 9.56. The molecule has 0 saturated carbocycles. The molecule has 1 aromatic carbocycles. The van der Waals surface area contributed by atoms with Crippen LogP contribution in [-0.4, -0.2) is 43.2 Å². The zero-order chi connectivity index (χ0) is 14.7. The van der Waals surface area contributed by atoms with E-state index in [1.165, 1.54) is 0 Å². The van der Waals surface area contributed by atoms with Gasteiger partial charge in [0.05, 0.1) is 6.10 Å². The zero-order valence-corrected chi connectivity index (χ0v) is 12.7. The lowest BCUT2D eigenvalue weighted by Gasteiger charge is -2.38. The van der Waals surface area contributed by atoms with Gasteiger partial charge >= 0.3 is 0 Å². The predicted molar refractivity (Wildman–Crippen MR) is 80.1 cm³/mol. The molecule has 1 saturated heterocycles. The molecule has 0 radical (unpaired) electrons. The van der Waals surface area contributed by atoms with Gasteiger partial charge in [0, 0.05) is 36.8 Å². The number of halogens is 1. The molecule has 1 amide bonds. The summed E-state index contributed by atoms with van der Waals surface area (Å²) >= 11 is 6.10. The quantitative estimate of drug-likeness (QED) is 0.930. The number of benzene rings is 1. The topological polar surface area (TPSA) is 55.6 Å². The van der Waals surface area contributed by atoms with Gasteiger partial charge in [-0.15, -0.1) is 0 Å². The number of aryl methyl sites for hydroxylation is 1. The number of likely N-dealkylation sites (tertiary alicyclic amines) is 1. The number of nitrogens with zero attached hydrogens (tertiary/aromatic N) is 1. The summed E-state index contributed by atoms with van der Waals surface area (Å²) in [5, 5.41) is 0.618. The highest BCUT2D eigenvalue weighted by Gasteiger charge is 2.31. The molecule has 1 aliphatic rings. The van der Waals surface area contributed by atoms with Crippen LogP contribution >= 0.6 is 11.6 Å². The minimum absolute atomic E-state index is 0.00287. The van der Waals surface area contributed by atoms with E-state index in [0.717, 1.165) is 18.4 Å². The van der Waals surface area contributed by atoms with Crippen molar-refractivity contribution in [2.75, 3.05) is 20.2 Å². The van der Waals surface area contributed by atoms with Crippen LogP contribution in [0, 0.1) is 6.92 Å². The van der Waals surface area contributed by atoms with Crippen LogP contribution in [0.1, 0.15) is 28.8 Å². The summed E-state index contributed by atoms with van der Waals surface area (Å²) in [6, 6.07) is 5.45. The number of carbonyl (C=O) groups is 1. The fourth-order valence-electron chi connectivity index (χ4n) is 2.61. The number of methoxy groups -OCH3 is 1. The maximum Gasteiger partial charge on any atom is 0.254 e. The molecule has 0 spiro atoms. The Labute approximate surface area is 124 Å². The Bertz CT molecular complexity index is 493. The van der Waals surface area contributed by atoms with E-state index in [-0.39, 0.29) is 18.1 Å². The van der Waals surface area contributed by atoms with Crippen LogP contribution in [0.3, 0.4) is 0 Å². The maximum absolute atomic E-state index is 12.6. The van der Waals surface area contributed by atoms with Crippen molar-refractivity contribution in [2.45, 2.75) is 31.9 Å². The summed E-state index contributed by atoms with van der Waals surface area (Å²) in [6.07, 6.45) is 1.82. The molecule has 1 aliphatic heterocycles. The van der Waals surface area contributed by atoms with Gasteiger partial charge in [-0.3, -0.25) is 4.79 Å². The van der Waals surface area contributed by atoms with E-state index in [1.807, 2.05) is 24.0 Å². The number of ether oxygens (including phenoxy) is 1. The van der Waals surface area contributed by atoms with Gasteiger partial charge < -0.3 is 15.4 Å². The van der Waals surface area contributed by atoms with Crippen LogP contribution < -0.4 is 5.73 Å². The Balaban J connectivity index is 2.17. The van der Waals surface area contributed by atoms with E-state index in [9.17, 15) is 4.79 Å². The van der Waals surface area contributed by atoms with E-state index >= 15 is 0 Å². The molecule has 2 rings (SSSR count). The first kappa shape index (κ1) is 15.3. The molecule has 0 aliphatic carbocycles. The molecule has 2 N–H and O–H groups in total. The second-order valence-electron chi connectivity index (χ2n) is 5.23. The Morgan fingerprint density at radius 2 is 2.30 bits per heavy atom. The smallest absolute Gasteiger partial charge is 0.254 e. The predicted octanol–water partition coefficient (Wildman–Crippen LogP) is 2.23. The number of rotatable bonds is 3. The van der Waals surface area contributed by atoms with Gasteiger partial charge in [-0.2, -0.15) is 0 Å². The Morgan fingerprint density at radius 1 is 1.55 bits per heavy atom. The summed E-state index contributed by atoms with van der Waals surface area (Å²) in [4.78, 5) is 14.4. The van der Waals surface area contributed by atoms with Crippen LogP contribution in [0.5, 0.6) is 0 Å². The van der Waals surface area contributed by atoms with Gasteiger partial charge in [-0.1, -0.05) is 17.7 Å². The molecule has 1 aromatic rings. The van der Waals surface area contributed by atoms with Crippen molar-refractivity contribution in [3.8, 4) is 0 Å². The molecule has 20 heavy (non-hydrogen) atoms. The normalized spacial score (nSPS) is 22.9. The van der Waals surface area contributed by atoms with Gasteiger partial charge in [0.15, 0.2) is 0 Å². The lowest BCUT2D eigenvalue weighted by atomic mass is 9.98. The molecule has 1 fully saturated rings. The van der Waals surface area contributed by atoms with E-state index in [2.05, 4.69) is 0 Å². The van der Waals surface area contributed by atoms with Crippen molar-refractivity contribution in [1.82, 2.24) is 4.90 Å². The van der Waals surface area contributed by atoms with Crippen molar-refractivity contribution in [2.24, 2.45) is 5.73 Å². The first-order valence-corrected chi connectivity index (χ1v) is 7.24. The molecule has 110 valence electrons. The fourth-order valence-corrected chi connectivity index (χ4v) is 2.79. The lowest BCUT2D eigenvalue weighted by Crippen LogP contribution is -2.51. The molecule has 0 aromatic heterocycles. The van der Waals surface area contributed by atoms with Crippen molar-refractivity contribution < 1.29 is 9.53 Å². The van der Waals surface area contributed by atoms with Crippen LogP contribution in [0.25, 0.3) is 0 Å². The van der Waals surface area contributed by atoms with Crippen LogP contribution in [-0.2, 0) is 4.74 Å². The van der Waals surface area contributed by atoms with E-state index in [4.69, 9.17) is 22.1 Å². The number of hydrogen-bond donors (Lipinski definition) is 1. The number of nitrogens with two attached hydrogens (primary N) is 1. The average Bonchev–Trinajstić information content (AvgIpc) is 2.48. The first-order valence-electron chi connectivity index (χ1n) is 6.86. The number of amides is 1. The average molecular weight is 297 g/mol. The van der Waals surface area contributed by atoms with Crippen LogP contribution in [0.15, 0.2) is 18.2 Å². The van der Waals surface area contributed by atoms with E-state index in [1.54, 1.807) is 13.2 Å². The van der Waals surface area contributed by atoms with Crippen molar-refractivity contribution in [3.63, 3.8) is 0 Å². The summed E-state index contributed by atoms with van der Waals surface area (Å²) < 4.78 is 5.38. The number of piperidine rings is 1. The summed E-state index contributed by atoms with van der Waals surface area (Å²) in [7, 11) is 1.70. The molecule has 1 heterocycles. The molecular weight excluding hydrogens is 276 g/mol. The monoisotopic (exact) mass is 296 g/mol. The second-order valence-corrected chi connectivity index (χ2v) is 5.64. The number of carbonyl (C=O) groups excluding carboxylic acids is 1. The van der Waals surface area contributed by atoms with Gasteiger partial charge in [0.2, 0.25) is 0 Å². The van der Waals surface area contributed by atoms with Gasteiger partial charge in [-0.05, 0) is 37.5 Å². The maximum atomic E-state index is 12.6. The van der Waals surface area contributed by atoms with Gasteiger partial charge in [0.1, 0.15) is 0 Å². The third-order valence-electron chi connectivity index (χ3n) is 3.95. The zero-order valence-electron chi connectivity index (χ0n) is 11.9. The summed E-state index contributed by atoms with van der Waals surface area (Å²) in [6.45, 7) is 3.04. The third kappa shape index (κ3) is 3.14. The summed E-state index contributed by atoms with van der Waals surface area (Å²) in [5.41, 5.74) is 7.39. The van der Waals surface area contributed by atoms with E-state index < -0.39 is 0 Å². The molecule has 2 unspecified atom stereocenters. The molecule has 2 atom stereocenters. The Kier molecular flexibility index (Phi) is 5.02. The minimum Gasteiger partial charge on any atom is -0.381 e. The molecule has 4 nitrogen and oxygen atoms in total. The molecule has 5 heteroatoms. The van der Waals surface area contributed by atoms with Crippen LogP contribution in [0.2, 0.25) is 5.02 Å². The largest absolute Gasteiger partial charge is 0.381 e. The summed E-state index contributed by atoms with van der Waals surface area (Å²) in [5.74, 6) is -0.00287. The number of hydrogen-bond acceptors (Lipinski definition) is 3. The second kappa shape index (κ2) is 6.57. The highest BCUT2D eigenvalue weighted by molar-refractivity contribution is 6.31. The highest BCUT2D eigenvalue weighted by atomic mass is 35.5. The highest BCUT2D eigenvalue weighted by Crippen LogP contribution is 2.23. The standard InChI is InChI=1S/C15H21ClN2O2/c1-10-3-4-11(7-14(10)16)15(19)18-6-5-13(20-2)8-12(18)9-17/h3-4,7,12-13H,5-6,8-9,17H2,1-2H3. The van der Waals surface area contributed by atoms with Crippen LogP contribution in [0.4, 0.5) is 0 Å². The third-order valence-corrected chi connectivity index (χ3v) is 4.36. The van der Waals surface area contributed by atoms with Gasteiger partial charge in [0.25, 0.3) is 5.91 Å². The van der Waals surface area contributed by atoms with Gasteiger partial charge in [-0.25, -0.2) is 0 Å². The van der Waals surface area contributed by atoms with Crippen molar-refractivity contribution in [1.29, 1.82) is 0 Å². The lowest BCUT2D eigenvalue weighted by molar-refractivity contribution is 0.0139. The molecular formula is C15H21ClN2O2. The van der Waals surface area contributed by atoms with Crippen molar-refractivity contribution >= 4 is 17.5 Å². The minimum atomic E-state index is -0.00287. The van der Waals surface area contributed by atoms with Crippen molar-refractivity contribution in [3.05, 3.63) is 34.3 Å². The fraction of sp³-hybridized carbons (Fsp3) is 0.533. The SMILES string of the molecule is COC1CCN(C(=O)c2ccc(C)c(Cl)c2)C(CN)C1. The Hall–Kier alpha value is -1.10. The Morgan fingerprint density at radius 3 is 2.90 bits per heavy atom.